The lowest BCUT2D eigenvalue weighted by atomic mass is 9.89. The van der Waals surface area contributed by atoms with Crippen LogP contribution in [0.1, 0.15) is 85.6 Å². The number of hydrogen-bond acceptors (Lipinski definition) is 0. The molecule has 0 heterocycles. The maximum atomic E-state index is 2.44. The number of hydrogen-bond donors (Lipinski definition) is 0. The van der Waals surface area contributed by atoms with Gasteiger partial charge in [-0.2, -0.15) is 0 Å². The van der Waals surface area contributed by atoms with Crippen molar-refractivity contribution in [2.45, 2.75) is 86.5 Å². The zero-order valence-electron chi connectivity index (χ0n) is 18.2. The van der Waals surface area contributed by atoms with E-state index in [1.165, 1.54) is 56.1 Å². The summed E-state index contributed by atoms with van der Waals surface area (Å²) in [5, 5.41) is 0. The largest absolute Gasteiger partial charge is 0.0744 e. The van der Waals surface area contributed by atoms with Crippen LogP contribution in [-0.2, 0) is 6.42 Å². The lowest BCUT2D eigenvalue weighted by Gasteiger charge is -2.17. The van der Waals surface area contributed by atoms with Crippen LogP contribution in [0.15, 0.2) is 53.6 Å². The molecule has 0 heteroatoms. The van der Waals surface area contributed by atoms with Crippen molar-refractivity contribution in [2.24, 2.45) is 17.8 Å². The zero-order chi connectivity index (χ0) is 19.4. The molecule has 0 spiro atoms. The molecule has 0 aromatic heterocycles. The standard InChI is InChI=1S/C17H30.C9H12/c1-13(2)8-6-7-9-14(3)11-17-12-15(4)10-16(17)5;1-2-6-9-7-4-3-5-8-9/h10,12-14,17H,6-9,11H2,1-5H3;3-5,7-8H,2,6H2,1H3. The summed E-state index contributed by atoms with van der Waals surface area (Å²) in [7, 11) is 0. The highest BCUT2D eigenvalue weighted by atomic mass is 14.2. The second-order valence-electron chi connectivity index (χ2n) is 8.66. The van der Waals surface area contributed by atoms with Gasteiger partial charge in [-0.05, 0) is 50.0 Å². The van der Waals surface area contributed by atoms with Crippen LogP contribution in [0.25, 0.3) is 0 Å². The van der Waals surface area contributed by atoms with Crippen LogP contribution in [0, 0.1) is 17.8 Å². The molecule has 2 rings (SSSR count). The van der Waals surface area contributed by atoms with Gasteiger partial charge in [-0.3, -0.25) is 0 Å². The third-order valence-electron chi connectivity index (χ3n) is 5.27. The first-order valence-corrected chi connectivity index (χ1v) is 10.8. The van der Waals surface area contributed by atoms with Gasteiger partial charge in [0.15, 0.2) is 0 Å². The predicted molar refractivity (Wildman–Crippen MR) is 119 cm³/mol. The first-order chi connectivity index (χ1) is 12.4. The van der Waals surface area contributed by atoms with E-state index in [1.807, 2.05) is 0 Å². The van der Waals surface area contributed by atoms with Gasteiger partial charge in [-0.1, -0.05) is 113 Å². The van der Waals surface area contributed by atoms with Gasteiger partial charge >= 0.3 is 0 Å². The predicted octanol–water partition coefficient (Wildman–Crippen LogP) is 8.39. The minimum Gasteiger partial charge on any atom is -0.0744 e. The van der Waals surface area contributed by atoms with Gasteiger partial charge in [0.05, 0.1) is 0 Å². The smallest absolute Gasteiger partial charge is 0.00146 e. The summed E-state index contributed by atoms with van der Waals surface area (Å²) in [5.41, 5.74) is 4.47. The molecule has 146 valence electrons. The van der Waals surface area contributed by atoms with Crippen LogP contribution in [0.4, 0.5) is 0 Å². The van der Waals surface area contributed by atoms with Crippen molar-refractivity contribution in [3.63, 3.8) is 0 Å². The second-order valence-corrected chi connectivity index (χ2v) is 8.66. The fourth-order valence-corrected chi connectivity index (χ4v) is 3.75. The Balaban J connectivity index is 0.000000314. The van der Waals surface area contributed by atoms with E-state index in [-0.39, 0.29) is 0 Å². The van der Waals surface area contributed by atoms with E-state index in [2.05, 4.69) is 84.0 Å². The van der Waals surface area contributed by atoms with Crippen LogP contribution >= 0.6 is 0 Å². The Labute approximate surface area is 163 Å². The van der Waals surface area contributed by atoms with Crippen molar-refractivity contribution in [3.05, 3.63) is 59.2 Å². The van der Waals surface area contributed by atoms with Gasteiger partial charge in [0, 0.05) is 0 Å². The molecule has 0 amide bonds. The highest BCUT2D eigenvalue weighted by Crippen LogP contribution is 2.30. The monoisotopic (exact) mass is 354 g/mol. The molecule has 2 atom stereocenters. The fraction of sp³-hybridized carbons (Fsp3) is 0.615. The quantitative estimate of drug-likeness (QED) is 0.390. The summed E-state index contributed by atoms with van der Waals surface area (Å²) < 4.78 is 0. The van der Waals surface area contributed by atoms with Crippen molar-refractivity contribution in [1.29, 1.82) is 0 Å². The van der Waals surface area contributed by atoms with Gasteiger partial charge in [0.1, 0.15) is 0 Å². The molecule has 1 aromatic carbocycles. The molecule has 0 fully saturated rings. The van der Waals surface area contributed by atoms with Gasteiger partial charge in [-0.25, -0.2) is 0 Å². The van der Waals surface area contributed by atoms with E-state index in [0.717, 1.165) is 17.8 Å². The Kier molecular flexibility index (Phi) is 11.3. The number of rotatable bonds is 9. The first-order valence-electron chi connectivity index (χ1n) is 10.8. The molecular weight excluding hydrogens is 312 g/mol. The van der Waals surface area contributed by atoms with Gasteiger partial charge in [-0.15, -0.1) is 0 Å². The van der Waals surface area contributed by atoms with Gasteiger partial charge < -0.3 is 0 Å². The molecule has 0 radical (unpaired) electrons. The van der Waals surface area contributed by atoms with Crippen molar-refractivity contribution in [1.82, 2.24) is 0 Å². The summed E-state index contributed by atoms with van der Waals surface area (Å²) in [4.78, 5) is 0. The van der Waals surface area contributed by atoms with E-state index in [1.54, 1.807) is 5.57 Å². The van der Waals surface area contributed by atoms with Crippen LogP contribution in [-0.4, -0.2) is 0 Å². The molecular formula is C26H42. The van der Waals surface area contributed by atoms with Crippen LogP contribution in [0.3, 0.4) is 0 Å². The van der Waals surface area contributed by atoms with E-state index in [9.17, 15) is 0 Å². The first kappa shape index (κ1) is 22.7. The molecule has 1 aliphatic rings. The number of allylic oxidation sites excluding steroid dienone is 4. The van der Waals surface area contributed by atoms with Crippen LogP contribution in [0.5, 0.6) is 0 Å². The van der Waals surface area contributed by atoms with Gasteiger partial charge in [0.25, 0.3) is 0 Å². The molecule has 0 N–H and O–H groups in total. The molecule has 0 saturated carbocycles. The Hall–Kier alpha value is -1.30. The maximum absolute atomic E-state index is 2.44. The van der Waals surface area contributed by atoms with E-state index in [4.69, 9.17) is 0 Å². The molecule has 0 saturated heterocycles. The summed E-state index contributed by atoms with van der Waals surface area (Å²) >= 11 is 0. The summed E-state index contributed by atoms with van der Waals surface area (Å²) in [6.45, 7) is 13.8. The fourth-order valence-electron chi connectivity index (χ4n) is 3.75. The molecule has 1 aliphatic carbocycles. The topological polar surface area (TPSA) is 0 Å². The molecule has 26 heavy (non-hydrogen) atoms. The Morgan fingerprint density at radius 3 is 2.12 bits per heavy atom. The minimum atomic E-state index is 0.732. The third-order valence-corrected chi connectivity index (χ3v) is 5.27. The molecule has 0 bridgehead atoms. The average molecular weight is 355 g/mol. The molecule has 0 nitrogen and oxygen atoms in total. The SMILES string of the molecule is CC1=CC(CC(C)CCCCC(C)C)C(C)=C1.CCCc1ccccc1. The van der Waals surface area contributed by atoms with Crippen molar-refractivity contribution < 1.29 is 0 Å². The normalized spacial score (nSPS) is 17.4. The highest BCUT2D eigenvalue weighted by molar-refractivity contribution is 5.33. The maximum Gasteiger partial charge on any atom is -0.00146 e. The molecule has 1 aromatic rings. The van der Waals surface area contributed by atoms with Crippen molar-refractivity contribution in [3.8, 4) is 0 Å². The van der Waals surface area contributed by atoms with Crippen LogP contribution < -0.4 is 0 Å². The Morgan fingerprint density at radius 1 is 0.923 bits per heavy atom. The Bertz CT molecular complexity index is 532. The van der Waals surface area contributed by atoms with Crippen molar-refractivity contribution in [2.75, 3.05) is 0 Å². The van der Waals surface area contributed by atoms with Crippen LogP contribution in [0.2, 0.25) is 0 Å². The lowest BCUT2D eigenvalue weighted by Crippen LogP contribution is -2.04. The summed E-state index contributed by atoms with van der Waals surface area (Å²) in [6, 6.07) is 10.6. The average Bonchev–Trinajstić information content (AvgIpc) is 2.90. The van der Waals surface area contributed by atoms with Gasteiger partial charge in [0.2, 0.25) is 0 Å². The zero-order valence-corrected chi connectivity index (χ0v) is 18.2. The Morgan fingerprint density at radius 2 is 1.58 bits per heavy atom. The summed E-state index contributed by atoms with van der Waals surface area (Å²) in [6.07, 6.45) is 14.2. The molecule has 0 aliphatic heterocycles. The van der Waals surface area contributed by atoms with E-state index >= 15 is 0 Å². The second kappa shape index (κ2) is 13.0. The lowest BCUT2D eigenvalue weighted by molar-refractivity contribution is 0.417. The molecule has 2 unspecified atom stereocenters. The minimum absolute atomic E-state index is 0.732. The number of benzene rings is 1. The van der Waals surface area contributed by atoms with E-state index in [0.29, 0.717) is 0 Å². The van der Waals surface area contributed by atoms with E-state index < -0.39 is 0 Å². The number of unbranched alkanes of at least 4 members (excludes halogenated alkanes) is 1. The summed E-state index contributed by atoms with van der Waals surface area (Å²) in [5.74, 6) is 2.48. The third kappa shape index (κ3) is 10.00. The number of aryl methyl sites for hydroxylation is 1. The van der Waals surface area contributed by atoms with Crippen molar-refractivity contribution >= 4 is 0 Å². The highest BCUT2D eigenvalue weighted by Gasteiger charge is 2.16.